The standard InChI is InChI=1S/C55H36N2O2/c1-4-13-37(14-5-1)38-23-25-39(26-24-38)40-27-31-44(32-28-40)57(51-22-11-10-19-46(51)41-15-6-2-7-16-41)45-33-29-42(30-34-45)47-20-12-21-48-49-35-53-50(36-52(49)58-54(47)48)56-55(59-53)43-17-8-3-9-18-43/h1-36H. The molecule has 0 bridgehead atoms. The van der Waals surface area contributed by atoms with Crippen LogP contribution in [0.2, 0.25) is 0 Å². The van der Waals surface area contributed by atoms with Crippen LogP contribution in [-0.4, -0.2) is 4.98 Å². The third kappa shape index (κ3) is 6.34. The molecule has 0 fully saturated rings. The lowest BCUT2D eigenvalue weighted by Gasteiger charge is -2.28. The van der Waals surface area contributed by atoms with Crippen LogP contribution in [0.4, 0.5) is 17.1 Å². The smallest absolute Gasteiger partial charge is 0.227 e. The Bertz CT molecular complexity index is 3220. The Balaban J connectivity index is 0.966. The number of furan rings is 1. The van der Waals surface area contributed by atoms with Crippen molar-refractivity contribution in [1.82, 2.24) is 4.98 Å². The fourth-order valence-electron chi connectivity index (χ4n) is 8.19. The van der Waals surface area contributed by atoms with E-state index in [9.17, 15) is 0 Å². The highest BCUT2D eigenvalue weighted by molar-refractivity contribution is 6.12. The lowest BCUT2D eigenvalue weighted by Crippen LogP contribution is -2.11. The van der Waals surface area contributed by atoms with Gasteiger partial charge in [0.25, 0.3) is 0 Å². The van der Waals surface area contributed by atoms with Crippen molar-refractivity contribution in [3.8, 4) is 56.0 Å². The van der Waals surface area contributed by atoms with Gasteiger partial charge in [-0.05, 0) is 81.9 Å². The molecule has 0 amide bonds. The number of rotatable bonds is 8. The number of fused-ring (bicyclic) bond motifs is 4. The van der Waals surface area contributed by atoms with Crippen LogP contribution in [0.15, 0.2) is 227 Å². The van der Waals surface area contributed by atoms with E-state index in [2.05, 4.69) is 187 Å². The summed E-state index contributed by atoms with van der Waals surface area (Å²) in [7, 11) is 0. The first-order valence-electron chi connectivity index (χ1n) is 19.9. The Hall–Kier alpha value is -7.95. The summed E-state index contributed by atoms with van der Waals surface area (Å²) >= 11 is 0. The number of nitrogens with zero attached hydrogens (tertiary/aromatic N) is 2. The fourth-order valence-corrected chi connectivity index (χ4v) is 8.19. The summed E-state index contributed by atoms with van der Waals surface area (Å²) in [6.45, 7) is 0. The van der Waals surface area contributed by atoms with Gasteiger partial charge in [-0.3, -0.25) is 0 Å². The highest BCUT2D eigenvalue weighted by Gasteiger charge is 2.20. The van der Waals surface area contributed by atoms with Gasteiger partial charge in [-0.1, -0.05) is 164 Å². The van der Waals surface area contributed by atoms with Crippen LogP contribution in [0.1, 0.15) is 0 Å². The minimum Gasteiger partial charge on any atom is -0.455 e. The van der Waals surface area contributed by atoms with E-state index in [0.29, 0.717) is 5.89 Å². The summed E-state index contributed by atoms with van der Waals surface area (Å²) in [6, 6.07) is 76.6. The first-order chi connectivity index (χ1) is 29.2. The first kappa shape index (κ1) is 34.3. The zero-order chi connectivity index (χ0) is 39.1. The van der Waals surface area contributed by atoms with Crippen LogP contribution in [-0.2, 0) is 0 Å². The Morgan fingerprint density at radius 3 is 1.47 bits per heavy atom. The molecule has 0 aliphatic rings. The lowest BCUT2D eigenvalue weighted by molar-refractivity contribution is 0.620. The van der Waals surface area contributed by atoms with Crippen molar-refractivity contribution in [1.29, 1.82) is 0 Å². The summed E-state index contributed by atoms with van der Waals surface area (Å²) in [5.41, 5.74) is 16.5. The highest BCUT2D eigenvalue weighted by Crippen LogP contribution is 2.43. The maximum absolute atomic E-state index is 6.63. The van der Waals surface area contributed by atoms with Gasteiger partial charge < -0.3 is 13.7 Å². The molecule has 0 unspecified atom stereocenters. The van der Waals surface area contributed by atoms with Crippen molar-refractivity contribution in [3.05, 3.63) is 218 Å². The maximum atomic E-state index is 6.63. The molecule has 9 aromatic carbocycles. The van der Waals surface area contributed by atoms with Crippen LogP contribution in [0.25, 0.3) is 89.0 Å². The molecule has 4 nitrogen and oxygen atoms in total. The van der Waals surface area contributed by atoms with Crippen molar-refractivity contribution < 1.29 is 8.83 Å². The van der Waals surface area contributed by atoms with Crippen LogP contribution >= 0.6 is 0 Å². The summed E-state index contributed by atoms with van der Waals surface area (Å²) < 4.78 is 12.9. The Kier molecular flexibility index (Phi) is 8.45. The zero-order valence-electron chi connectivity index (χ0n) is 32.0. The molecule has 0 N–H and O–H groups in total. The summed E-state index contributed by atoms with van der Waals surface area (Å²) in [6.07, 6.45) is 0. The molecule has 0 saturated carbocycles. The minimum atomic E-state index is 0.601. The molecule has 4 heteroatoms. The minimum absolute atomic E-state index is 0.601. The topological polar surface area (TPSA) is 42.4 Å². The van der Waals surface area contributed by atoms with Crippen molar-refractivity contribution >= 4 is 50.1 Å². The van der Waals surface area contributed by atoms with Gasteiger partial charge in [-0.15, -0.1) is 0 Å². The van der Waals surface area contributed by atoms with Crippen molar-refractivity contribution in [3.63, 3.8) is 0 Å². The van der Waals surface area contributed by atoms with Gasteiger partial charge >= 0.3 is 0 Å². The van der Waals surface area contributed by atoms with E-state index in [0.717, 1.165) is 77.9 Å². The van der Waals surface area contributed by atoms with Gasteiger partial charge in [0.2, 0.25) is 5.89 Å². The molecule has 59 heavy (non-hydrogen) atoms. The van der Waals surface area contributed by atoms with Crippen molar-refractivity contribution in [2.24, 2.45) is 0 Å². The quantitative estimate of drug-likeness (QED) is 0.155. The number of hydrogen-bond donors (Lipinski definition) is 0. The normalized spacial score (nSPS) is 11.4. The Morgan fingerprint density at radius 1 is 0.339 bits per heavy atom. The van der Waals surface area contributed by atoms with Gasteiger partial charge in [0.1, 0.15) is 16.7 Å². The molecule has 11 rings (SSSR count). The maximum Gasteiger partial charge on any atom is 0.227 e. The Morgan fingerprint density at radius 2 is 0.831 bits per heavy atom. The number of anilines is 3. The predicted molar refractivity (Wildman–Crippen MR) is 243 cm³/mol. The second kappa shape index (κ2) is 14.5. The molecule has 0 aliphatic carbocycles. The van der Waals surface area contributed by atoms with E-state index in [1.165, 1.54) is 22.3 Å². The molecule has 0 saturated heterocycles. The number of aromatic nitrogens is 1. The molecule has 0 aliphatic heterocycles. The van der Waals surface area contributed by atoms with E-state index < -0.39 is 0 Å². The zero-order valence-corrected chi connectivity index (χ0v) is 32.0. The van der Waals surface area contributed by atoms with Gasteiger partial charge in [0.05, 0.1) is 5.69 Å². The first-order valence-corrected chi connectivity index (χ1v) is 19.9. The number of hydrogen-bond acceptors (Lipinski definition) is 4. The van der Waals surface area contributed by atoms with E-state index in [1.54, 1.807) is 0 Å². The summed E-state index contributed by atoms with van der Waals surface area (Å²) in [5.74, 6) is 0.601. The van der Waals surface area contributed by atoms with Crippen LogP contribution in [0, 0.1) is 0 Å². The molecule has 11 aromatic rings. The van der Waals surface area contributed by atoms with E-state index >= 15 is 0 Å². The SMILES string of the molecule is c1ccc(-c2ccc(-c3ccc(N(c4ccc(-c5cccc6c5oc5cc7nc(-c8ccccc8)oc7cc56)cc4)c4ccccc4-c4ccccc4)cc3)cc2)cc1. The van der Waals surface area contributed by atoms with E-state index in [4.69, 9.17) is 13.8 Å². The number of para-hydroxylation sites is 2. The van der Waals surface area contributed by atoms with Gasteiger partial charge in [0.15, 0.2) is 5.58 Å². The summed E-state index contributed by atoms with van der Waals surface area (Å²) in [4.78, 5) is 7.14. The van der Waals surface area contributed by atoms with Gasteiger partial charge in [-0.25, -0.2) is 4.98 Å². The molecule has 0 spiro atoms. The molecule has 2 heterocycles. The molecular formula is C55H36N2O2. The molecule has 0 atom stereocenters. The summed E-state index contributed by atoms with van der Waals surface area (Å²) in [5, 5.41) is 2.04. The number of benzene rings is 9. The van der Waals surface area contributed by atoms with Gasteiger partial charge in [0, 0.05) is 44.9 Å². The lowest BCUT2D eigenvalue weighted by atomic mass is 9.99. The van der Waals surface area contributed by atoms with Crippen LogP contribution < -0.4 is 4.90 Å². The van der Waals surface area contributed by atoms with Gasteiger partial charge in [-0.2, -0.15) is 0 Å². The third-order valence-electron chi connectivity index (χ3n) is 11.1. The second-order valence-corrected chi connectivity index (χ2v) is 14.7. The van der Waals surface area contributed by atoms with Crippen molar-refractivity contribution in [2.75, 3.05) is 4.90 Å². The average Bonchev–Trinajstić information content (AvgIpc) is 3.91. The predicted octanol–water partition coefficient (Wildman–Crippen LogP) is 15.5. The fraction of sp³-hybridized carbons (Fsp3) is 0. The molecule has 278 valence electrons. The monoisotopic (exact) mass is 756 g/mol. The second-order valence-electron chi connectivity index (χ2n) is 14.7. The molecular weight excluding hydrogens is 721 g/mol. The highest BCUT2D eigenvalue weighted by atomic mass is 16.4. The van der Waals surface area contributed by atoms with Crippen molar-refractivity contribution in [2.45, 2.75) is 0 Å². The third-order valence-corrected chi connectivity index (χ3v) is 11.1. The largest absolute Gasteiger partial charge is 0.455 e. The molecule has 2 aromatic heterocycles. The van der Waals surface area contributed by atoms with Crippen LogP contribution in [0.5, 0.6) is 0 Å². The average molecular weight is 757 g/mol. The van der Waals surface area contributed by atoms with E-state index in [1.807, 2.05) is 36.4 Å². The Labute approximate surface area is 341 Å². The van der Waals surface area contributed by atoms with E-state index in [-0.39, 0.29) is 0 Å². The van der Waals surface area contributed by atoms with Crippen LogP contribution in [0.3, 0.4) is 0 Å². The number of oxazole rings is 1. The molecule has 0 radical (unpaired) electrons.